The molecule has 6 heteroatoms. The highest BCUT2D eigenvalue weighted by Crippen LogP contribution is 2.36. The van der Waals surface area contributed by atoms with E-state index in [0.29, 0.717) is 0 Å². The quantitative estimate of drug-likeness (QED) is 0.680. The molecule has 0 aliphatic rings. The van der Waals surface area contributed by atoms with Gasteiger partial charge >= 0.3 is 6.09 Å². The molecule has 1 N–H and O–H groups in total. The zero-order chi connectivity index (χ0) is 20.8. The van der Waals surface area contributed by atoms with E-state index < -0.39 is 20.6 Å². The highest BCUT2D eigenvalue weighted by atomic mass is 28.4. The third-order valence-electron chi connectivity index (χ3n) is 4.96. The van der Waals surface area contributed by atoms with Crippen molar-refractivity contribution in [3.8, 4) is 0 Å². The number of alkyl halides is 1. The Balaban J connectivity index is 2.30. The van der Waals surface area contributed by atoms with Crippen LogP contribution in [0, 0.1) is 0 Å². The van der Waals surface area contributed by atoms with Crippen LogP contribution in [-0.2, 0) is 4.43 Å². The molecule has 1 unspecified atom stereocenters. The van der Waals surface area contributed by atoms with Crippen LogP contribution in [-0.4, -0.2) is 50.8 Å². The fourth-order valence-electron chi connectivity index (χ4n) is 3.57. The van der Waals surface area contributed by atoms with E-state index in [0.717, 1.165) is 15.3 Å². The minimum Gasteiger partial charge on any atom is -0.465 e. The Kier molecular flexibility index (Phi) is 7.38. The first kappa shape index (κ1) is 22.1. The van der Waals surface area contributed by atoms with Gasteiger partial charge in [0.1, 0.15) is 6.17 Å². The van der Waals surface area contributed by atoms with Crippen molar-refractivity contribution in [2.24, 2.45) is 0 Å². The molecule has 0 bridgehead atoms. The molecule has 1 atom stereocenters. The van der Waals surface area contributed by atoms with Gasteiger partial charge in [-0.1, -0.05) is 81.4 Å². The standard InChI is InChI=1S/C22H30FNO3Si/c1-22(2,3)28(19-11-7-5-8-12-19,20-13-9-6-10-14-20)27-16-15-18(23)17-24(4)21(25)26/h5-14,18H,15-17H2,1-4H3,(H,25,26). The molecule has 0 aliphatic carbocycles. The molecular weight excluding hydrogens is 373 g/mol. The molecule has 28 heavy (non-hydrogen) atoms. The maximum absolute atomic E-state index is 14.3. The predicted molar refractivity (Wildman–Crippen MR) is 114 cm³/mol. The van der Waals surface area contributed by atoms with Crippen LogP contribution in [0.5, 0.6) is 0 Å². The van der Waals surface area contributed by atoms with Crippen LogP contribution >= 0.6 is 0 Å². The summed E-state index contributed by atoms with van der Waals surface area (Å²) in [5.74, 6) is 0. The van der Waals surface area contributed by atoms with Gasteiger partial charge in [0, 0.05) is 20.1 Å². The van der Waals surface area contributed by atoms with Crippen molar-refractivity contribution in [3.05, 3.63) is 60.7 Å². The number of amides is 1. The molecule has 2 rings (SSSR count). The van der Waals surface area contributed by atoms with Gasteiger partial charge in [0.05, 0.1) is 6.54 Å². The van der Waals surface area contributed by atoms with Crippen LogP contribution in [0.15, 0.2) is 60.7 Å². The Morgan fingerprint density at radius 2 is 1.54 bits per heavy atom. The van der Waals surface area contributed by atoms with Crippen molar-refractivity contribution in [1.29, 1.82) is 0 Å². The van der Waals surface area contributed by atoms with E-state index in [1.165, 1.54) is 7.05 Å². The first-order chi connectivity index (χ1) is 13.2. The van der Waals surface area contributed by atoms with Gasteiger partial charge in [-0.25, -0.2) is 9.18 Å². The third-order valence-corrected chi connectivity index (χ3v) is 10.0. The van der Waals surface area contributed by atoms with Gasteiger partial charge in [-0.2, -0.15) is 0 Å². The lowest BCUT2D eigenvalue weighted by atomic mass is 10.2. The van der Waals surface area contributed by atoms with Gasteiger partial charge in [-0.05, 0) is 15.4 Å². The number of carboxylic acid groups (broad SMARTS) is 1. The summed E-state index contributed by atoms with van der Waals surface area (Å²) < 4.78 is 20.9. The van der Waals surface area contributed by atoms with Crippen LogP contribution < -0.4 is 10.4 Å². The summed E-state index contributed by atoms with van der Waals surface area (Å²) >= 11 is 0. The second-order valence-electron chi connectivity index (χ2n) is 8.06. The second-order valence-corrected chi connectivity index (χ2v) is 12.4. The fraction of sp³-hybridized carbons (Fsp3) is 0.409. The topological polar surface area (TPSA) is 49.8 Å². The number of rotatable bonds is 8. The second kappa shape index (κ2) is 9.34. The molecule has 0 aliphatic heterocycles. The van der Waals surface area contributed by atoms with E-state index in [9.17, 15) is 9.18 Å². The van der Waals surface area contributed by atoms with Crippen molar-refractivity contribution in [3.63, 3.8) is 0 Å². The molecule has 0 heterocycles. The number of hydrogen-bond acceptors (Lipinski definition) is 2. The summed E-state index contributed by atoms with van der Waals surface area (Å²) in [6.45, 7) is 6.60. The largest absolute Gasteiger partial charge is 0.465 e. The molecule has 152 valence electrons. The summed E-state index contributed by atoms with van der Waals surface area (Å²) in [6, 6.07) is 20.4. The van der Waals surface area contributed by atoms with Crippen molar-refractivity contribution >= 4 is 24.8 Å². The average molecular weight is 404 g/mol. The van der Waals surface area contributed by atoms with Gasteiger partial charge in [-0.3, -0.25) is 0 Å². The van der Waals surface area contributed by atoms with E-state index in [4.69, 9.17) is 9.53 Å². The lowest BCUT2D eigenvalue weighted by molar-refractivity contribution is 0.133. The SMILES string of the molecule is CN(CC(F)CCO[Si](c1ccccc1)(c1ccccc1)C(C)(C)C)C(=O)O. The molecule has 0 fully saturated rings. The zero-order valence-electron chi connectivity index (χ0n) is 17.1. The molecule has 0 aromatic heterocycles. The van der Waals surface area contributed by atoms with E-state index in [2.05, 4.69) is 45.0 Å². The summed E-state index contributed by atoms with van der Waals surface area (Å²) in [5, 5.41) is 11.0. The molecule has 2 aromatic carbocycles. The Labute approximate surface area is 168 Å². The summed E-state index contributed by atoms with van der Waals surface area (Å²) in [4.78, 5) is 11.9. The van der Waals surface area contributed by atoms with Gasteiger partial charge in [-0.15, -0.1) is 0 Å². The summed E-state index contributed by atoms with van der Waals surface area (Å²) in [6.07, 6.45) is -2.24. The highest BCUT2D eigenvalue weighted by Gasteiger charge is 2.50. The molecule has 0 radical (unpaired) electrons. The van der Waals surface area contributed by atoms with Crippen LogP contribution in [0.25, 0.3) is 0 Å². The van der Waals surface area contributed by atoms with Crippen LogP contribution in [0.2, 0.25) is 5.04 Å². The van der Waals surface area contributed by atoms with Crippen molar-refractivity contribution < 1.29 is 18.7 Å². The summed E-state index contributed by atoms with van der Waals surface area (Å²) in [5.41, 5.74) is 0. The van der Waals surface area contributed by atoms with Gasteiger partial charge < -0.3 is 14.4 Å². The van der Waals surface area contributed by atoms with Gasteiger partial charge in [0.2, 0.25) is 0 Å². The molecule has 1 amide bonds. The Hall–Kier alpha value is -2.18. The Bertz CT molecular complexity index is 710. The first-order valence-corrected chi connectivity index (χ1v) is 11.4. The lowest BCUT2D eigenvalue weighted by Gasteiger charge is -2.43. The fourth-order valence-corrected chi connectivity index (χ4v) is 8.15. The highest BCUT2D eigenvalue weighted by molar-refractivity contribution is 6.99. The third kappa shape index (κ3) is 5.00. The van der Waals surface area contributed by atoms with Gasteiger partial charge in [0.15, 0.2) is 0 Å². The molecule has 2 aromatic rings. The van der Waals surface area contributed by atoms with Crippen LogP contribution in [0.4, 0.5) is 9.18 Å². The average Bonchev–Trinajstić information content (AvgIpc) is 2.65. The van der Waals surface area contributed by atoms with Crippen molar-refractivity contribution in [1.82, 2.24) is 4.90 Å². The number of hydrogen-bond donors (Lipinski definition) is 1. The maximum Gasteiger partial charge on any atom is 0.407 e. The normalized spacial score (nSPS) is 13.2. The van der Waals surface area contributed by atoms with E-state index in [-0.39, 0.29) is 24.6 Å². The molecular formula is C22H30FNO3Si. The smallest absolute Gasteiger partial charge is 0.407 e. The predicted octanol–water partition coefficient (Wildman–Crippen LogP) is 3.90. The van der Waals surface area contributed by atoms with Crippen molar-refractivity contribution in [2.75, 3.05) is 20.2 Å². The van der Waals surface area contributed by atoms with Crippen LogP contribution in [0.3, 0.4) is 0 Å². The minimum atomic E-state index is -2.67. The minimum absolute atomic E-state index is 0.153. The monoisotopic (exact) mass is 403 g/mol. The number of halogens is 1. The zero-order valence-corrected chi connectivity index (χ0v) is 18.1. The van der Waals surface area contributed by atoms with E-state index in [1.54, 1.807) is 0 Å². The Morgan fingerprint density at radius 3 is 1.93 bits per heavy atom. The molecule has 4 nitrogen and oxygen atoms in total. The Morgan fingerprint density at radius 1 is 1.07 bits per heavy atom. The van der Waals surface area contributed by atoms with E-state index in [1.807, 2.05) is 36.4 Å². The maximum atomic E-state index is 14.3. The molecule has 0 saturated heterocycles. The first-order valence-electron chi connectivity index (χ1n) is 9.51. The van der Waals surface area contributed by atoms with Gasteiger partial charge in [0.25, 0.3) is 8.32 Å². The van der Waals surface area contributed by atoms with E-state index >= 15 is 0 Å². The number of benzene rings is 2. The van der Waals surface area contributed by atoms with Crippen LogP contribution in [0.1, 0.15) is 27.2 Å². The lowest BCUT2D eigenvalue weighted by Crippen LogP contribution is -2.66. The molecule has 0 saturated carbocycles. The number of nitrogens with zero attached hydrogens (tertiary/aromatic N) is 1. The van der Waals surface area contributed by atoms with Crippen molar-refractivity contribution in [2.45, 2.75) is 38.4 Å². The molecule has 0 spiro atoms. The number of carbonyl (C=O) groups is 1. The summed E-state index contributed by atoms with van der Waals surface area (Å²) in [7, 11) is -1.30.